The van der Waals surface area contributed by atoms with E-state index >= 15 is 4.39 Å². The predicted molar refractivity (Wildman–Crippen MR) is 151 cm³/mol. The number of aromatic nitrogens is 6. The number of halogens is 1. The second kappa shape index (κ2) is 10.8. The van der Waals surface area contributed by atoms with E-state index in [2.05, 4.69) is 50.8 Å². The third kappa shape index (κ3) is 4.82. The summed E-state index contributed by atoms with van der Waals surface area (Å²) in [6.07, 6.45) is 4.65. The summed E-state index contributed by atoms with van der Waals surface area (Å²) in [4.78, 5) is 56.7. The number of carbonyl (C=O) groups is 2. The van der Waals surface area contributed by atoms with Crippen LogP contribution in [0.4, 0.5) is 27.4 Å². The zero-order valence-corrected chi connectivity index (χ0v) is 21.7. The van der Waals surface area contributed by atoms with Crippen molar-refractivity contribution < 1.29 is 14.0 Å². The van der Waals surface area contributed by atoms with Crippen LogP contribution in [0, 0.1) is 5.82 Å². The van der Waals surface area contributed by atoms with Gasteiger partial charge in [0, 0.05) is 5.69 Å². The average Bonchev–Trinajstić information content (AvgIpc) is 3.66. The number of para-hydroxylation sites is 1. The second-order valence-electron chi connectivity index (χ2n) is 9.01. The number of rotatable bonds is 7. The van der Waals surface area contributed by atoms with Crippen molar-refractivity contribution in [3.8, 4) is 0 Å². The molecule has 1 atom stereocenters. The largest absolute Gasteiger partial charge is 0.349 e. The minimum atomic E-state index is -0.905. The molecular weight excluding hydrogens is 529 g/mol. The molecule has 206 valence electrons. The van der Waals surface area contributed by atoms with Crippen molar-refractivity contribution in [2.75, 3.05) is 27.5 Å². The molecule has 5 aromatic rings. The number of imidazole rings is 2. The number of benzene rings is 2. The Balaban J connectivity index is 1.39. The number of fused-ring (bicyclic) bond motifs is 2. The molecule has 0 spiro atoms. The van der Waals surface area contributed by atoms with Gasteiger partial charge in [-0.05, 0) is 30.7 Å². The fourth-order valence-corrected chi connectivity index (χ4v) is 4.67. The van der Waals surface area contributed by atoms with E-state index < -0.39 is 23.7 Å². The molecular formula is C27H24FN11O2. The zero-order valence-electron chi connectivity index (χ0n) is 21.7. The predicted octanol–water partition coefficient (Wildman–Crippen LogP) is 3.52. The van der Waals surface area contributed by atoms with Crippen molar-refractivity contribution in [2.45, 2.75) is 19.4 Å². The van der Waals surface area contributed by atoms with E-state index in [-0.39, 0.29) is 17.9 Å². The van der Waals surface area contributed by atoms with Crippen molar-refractivity contribution >= 4 is 51.8 Å². The number of aliphatic imine (C=N–C) groups is 1. The summed E-state index contributed by atoms with van der Waals surface area (Å²) in [5.74, 6) is -0.656. The third-order valence-corrected chi connectivity index (χ3v) is 6.53. The summed E-state index contributed by atoms with van der Waals surface area (Å²) >= 11 is 0. The fourth-order valence-electron chi connectivity index (χ4n) is 4.67. The van der Waals surface area contributed by atoms with Crippen LogP contribution in [0.2, 0.25) is 0 Å². The van der Waals surface area contributed by atoms with Crippen molar-refractivity contribution in [2.24, 2.45) is 4.99 Å². The van der Waals surface area contributed by atoms with Crippen LogP contribution in [0.1, 0.15) is 29.4 Å². The smallest absolute Gasteiger partial charge is 0.260 e. The van der Waals surface area contributed by atoms with E-state index in [0.29, 0.717) is 46.4 Å². The molecule has 0 radical (unpaired) electrons. The molecule has 2 aromatic carbocycles. The second-order valence-corrected chi connectivity index (χ2v) is 9.01. The number of amides is 2. The molecule has 0 saturated carbocycles. The van der Waals surface area contributed by atoms with E-state index in [0.717, 1.165) is 0 Å². The molecule has 1 aliphatic heterocycles. The Morgan fingerprint density at radius 1 is 1.00 bits per heavy atom. The van der Waals surface area contributed by atoms with Crippen molar-refractivity contribution in [1.29, 1.82) is 0 Å². The Labute approximate surface area is 232 Å². The molecule has 41 heavy (non-hydrogen) atoms. The van der Waals surface area contributed by atoms with Crippen molar-refractivity contribution in [3.05, 3.63) is 84.6 Å². The van der Waals surface area contributed by atoms with Crippen LogP contribution >= 0.6 is 0 Å². The van der Waals surface area contributed by atoms with E-state index in [9.17, 15) is 9.59 Å². The maximum atomic E-state index is 15.0. The number of amidine groups is 1. The van der Waals surface area contributed by atoms with E-state index in [4.69, 9.17) is 0 Å². The lowest BCUT2D eigenvalue weighted by atomic mass is 10.1. The Kier molecular flexibility index (Phi) is 6.77. The minimum absolute atomic E-state index is 0.0192. The monoisotopic (exact) mass is 553 g/mol. The van der Waals surface area contributed by atoms with Crippen LogP contribution in [0.5, 0.6) is 0 Å². The van der Waals surface area contributed by atoms with Crippen LogP contribution in [0.3, 0.4) is 0 Å². The normalized spacial score (nSPS) is 13.1. The van der Waals surface area contributed by atoms with Crippen molar-refractivity contribution in [1.82, 2.24) is 29.9 Å². The number of aromatic amines is 2. The highest BCUT2D eigenvalue weighted by atomic mass is 19.1. The van der Waals surface area contributed by atoms with Gasteiger partial charge in [-0.2, -0.15) is 0 Å². The molecule has 13 nitrogen and oxygen atoms in total. The number of hydrogen-bond donors (Lipinski definition) is 5. The quantitative estimate of drug-likeness (QED) is 0.204. The number of nitrogens with one attached hydrogen (secondary N) is 5. The summed E-state index contributed by atoms with van der Waals surface area (Å²) in [5, 5.41) is 8.53. The van der Waals surface area contributed by atoms with Gasteiger partial charge in [-0.15, -0.1) is 0 Å². The highest BCUT2D eigenvalue weighted by Gasteiger charge is 2.35. The molecule has 0 saturated heterocycles. The summed E-state index contributed by atoms with van der Waals surface area (Å²) in [7, 11) is 0. The van der Waals surface area contributed by atoms with Crippen LogP contribution in [-0.4, -0.2) is 60.3 Å². The third-order valence-electron chi connectivity index (χ3n) is 6.53. The molecule has 0 aliphatic carbocycles. The number of nitrogens with zero attached hydrogens (tertiary/aromatic N) is 6. The fraction of sp³-hybridized carbons (Fsp3) is 0.148. The number of H-pyrrole nitrogens is 2. The van der Waals surface area contributed by atoms with Crippen molar-refractivity contribution in [3.63, 3.8) is 0 Å². The number of hydrogen-bond acceptors (Lipinski definition) is 9. The Morgan fingerprint density at radius 3 is 2.66 bits per heavy atom. The lowest BCUT2D eigenvalue weighted by Crippen LogP contribution is -2.49. The summed E-state index contributed by atoms with van der Waals surface area (Å²) in [6.45, 7) is 2.04. The summed E-state index contributed by atoms with van der Waals surface area (Å²) in [6, 6.07) is 11.8. The minimum Gasteiger partial charge on any atom is -0.349 e. The lowest BCUT2D eigenvalue weighted by molar-refractivity contribution is -0.117. The van der Waals surface area contributed by atoms with Crippen LogP contribution in [0.15, 0.2) is 72.5 Å². The average molecular weight is 554 g/mol. The van der Waals surface area contributed by atoms with E-state index in [1.807, 2.05) is 6.92 Å². The van der Waals surface area contributed by atoms with Gasteiger partial charge >= 0.3 is 0 Å². The highest BCUT2D eigenvalue weighted by molar-refractivity contribution is 6.18. The van der Waals surface area contributed by atoms with Gasteiger partial charge in [0.25, 0.3) is 5.91 Å². The van der Waals surface area contributed by atoms with Gasteiger partial charge in [0.15, 0.2) is 23.1 Å². The van der Waals surface area contributed by atoms with Crippen LogP contribution in [0.25, 0.3) is 11.2 Å². The SMILES string of the molecule is CC[C@@H](C(=O)Nc1cccc(F)c1C(=O)Nc1ccccc1)N(C1=NCNc2nc[nH]c21)c1ncnc2nc[nH]c12. The molecule has 3 aromatic heterocycles. The first-order chi connectivity index (χ1) is 20.0. The van der Waals surface area contributed by atoms with Gasteiger partial charge in [-0.3, -0.25) is 14.5 Å². The molecule has 1 aliphatic rings. The first-order valence-electron chi connectivity index (χ1n) is 12.8. The van der Waals surface area contributed by atoms with Gasteiger partial charge in [0.2, 0.25) is 5.91 Å². The molecule has 0 unspecified atom stereocenters. The van der Waals surface area contributed by atoms with Gasteiger partial charge < -0.3 is 25.9 Å². The van der Waals surface area contributed by atoms with Gasteiger partial charge in [0.05, 0.1) is 23.9 Å². The first-order valence-corrected chi connectivity index (χ1v) is 12.8. The lowest BCUT2D eigenvalue weighted by Gasteiger charge is -2.33. The topological polar surface area (TPSA) is 169 Å². The van der Waals surface area contributed by atoms with E-state index in [1.54, 1.807) is 35.2 Å². The Bertz CT molecular complexity index is 1770. The van der Waals surface area contributed by atoms with Gasteiger partial charge in [0.1, 0.15) is 36.1 Å². The maximum absolute atomic E-state index is 15.0. The zero-order chi connectivity index (χ0) is 28.3. The Hall–Kier alpha value is -5.66. The van der Waals surface area contributed by atoms with E-state index in [1.165, 1.54) is 37.2 Å². The molecule has 0 bridgehead atoms. The summed E-state index contributed by atoms with van der Waals surface area (Å²) < 4.78 is 15.0. The van der Waals surface area contributed by atoms with Gasteiger partial charge in [-0.1, -0.05) is 31.2 Å². The van der Waals surface area contributed by atoms with Crippen LogP contribution in [-0.2, 0) is 4.79 Å². The molecule has 4 heterocycles. The number of carbonyl (C=O) groups excluding carboxylic acids is 2. The van der Waals surface area contributed by atoms with Gasteiger partial charge in [-0.25, -0.2) is 29.3 Å². The molecule has 0 fully saturated rings. The van der Waals surface area contributed by atoms with Crippen LogP contribution < -0.4 is 20.9 Å². The summed E-state index contributed by atoms with van der Waals surface area (Å²) in [5.41, 5.74) is 1.67. The number of anilines is 4. The molecule has 2 amide bonds. The first kappa shape index (κ1) is 25.6. The molecule has 14 heteroatoms. The maximum Gasteiger partial charge on any atom is 0.260 e. The highest BCUT2D eigenvalue weighted by Crippen LogP contribution is 2.29. The molecule has 5 N–H and O–H groups in total. The molecule has 6 rings (SSSR count). The Morgan fingerprint density at radius 2 is 1.83 bits per heavy atom. The standard InChI is InChI=1S/C27H24FN11O2/c1-2-18(26(40)38-17-10-6-9-16(28)19(17)27(41)37-15-7-4-3-5-8-15)39(24-20-22(31-11-29-20)33-13-35-24)25-21-23(32-12-30-21)34-14-36-25/h3-13,18,34H,2,14H2,1H3,(H,30,32)(H,37,41)(H,38,40)(H,29,31,33,35)/t18-/m0/s1.